The lowest BCUT2D eigenvalue weighted by Gasteiger charge is -2.10. The quantitative estimate of drug-likeness (QED) is 0.854. The highest BCUT2D eigenvalue weighted by atomic mass is 32.2. The van der Waals surface area contributed by atoms with Crippen molar-refractivity contribution in [2.24, 2.45) is 0 Å². The van der Waals surface area contributed by atoms with Crippen LogP contribution in [0.15, 0.2) is 17.3 Å². The van der Waals surface area contributed by atoms with Crippen molar-refractivity contribution in [1.82, 2.24) is 14.8 Å². The number of anilines is 1. The van der Waals surface area contributed by atoms with Crippen molar-refractivity contribution in [1.29, 1.82) is 0 Å². The molecule has 0 fully saturated rings. The van der Waals surface area contributed by atoms with Crippen molar-refractivity contribution in [2.45, 2.75) is 44.1 Å². The number of thiophene rings is 1. The normalized spacial score (nSPS) is 11.3. The molecule has 0 saturated heterocycles. The molecule has 98 valence electrons. The number of nitrogens with zero attached hydrogens (tertiary/aromatic N) is 3. The zero-order valence-electron chi connectivity index (χ0n) is 10.9. The van der Waals surface area contributed by atoms with E-state index in [-0.39, 0.29) is 6.04 Å². The Kier molecular flexibility index (Phi) is 4.29. The van der Waals surface area contributed by atoms with E-state index in [2.05, 4.69) is 43.1 Å². The first-order chi connectivity index (χ1) is 8.61. The predicted molar refractivity (Wildman–Crippen MR) is 78.1 cm³/mol. The topological polar surface area (TPSA) is 56.7 Å². The van der Waals surface area contributed by atoms with Crippen molar-refractivity contribution in [3.05, 3.63) is 21.9 Å². The third kappa shape index (κ3) is 2.87. The highest BCUT2D eigenvalue weighted by molar-refractivity contribution is 7.98. The third-order valence-electron chi connectivity index (χ3n) is 2.62. The van der Waals surface area contributed by atoms with Gasteiger partial charge in [-0.2, -0.15) is 0 Å². The lowest BCUT2D eigenvalue weighted by molar-refractivity contribution is 0.557. The van der Waals surface area contributed by atoms with Crippen molar-refractivity contribution < 1.29 is 0 Å². The molecule has 2 aromatic heterocycles. The first-order valence-corrected chi connectivity index (χ1v) is 7.82. The summed E-state index contributed by atoms with van der Waals surface area (Å²) in [5.41, 5.74) is 5.82. The van der Waals surface area contributed by atoms with E-state index in [9.17, 15) is 0 Å². The summed E-state index contributed by atoms with van der Waals surface area (Å²) in [6, 6.07) is 4.68. The Labute approximate surface area is 116 Å². The minimum absolute atomic E-state index is 0.289. The van der Waals surface area contributed by atoms with Gasteiger partial charge in [-0.15, -0.1) is 21.5 Å². The summed E-state index contributed by atoms with van der Waals surface area (Å²) in [6.45, 7) is 6.35. The Bertz CT molecular complexity index is 516. The van der Waals surface area contributed by atoms with Crippen molar-refractivity contribution in [3.63, 3.8) is 0 Å². The molecule has 0 saturated carbocycles. The van der Waals surface area contributed by atoms with Gasteiger partial charge >= 0.3 is 0 Å². The zero-order valence-corrected chi connectivity index (χ0v) is 12.5. The third-order valence-corrected chi connectivity index (χ3v) is 5.02. The average molecular weight is 282 g/mol. The highest BCUT2D eigenvalue weighted by Gasteiger charge is 2.13. The maximum atomic E-state index is 5.82. The van der Waals surface area contributed by atoms with Crippen LogP contribution in [0.5, 0.6) is 0 Å². The molecule has 0 aliphatic carbocycles. The van der Waals surface area contributed by atoms with E-state index in [0.717, 1.165) is 17.3 Å². The summed E-state index contributed by atoms with van der Waals surface area (Å²) in [6.07, 6.45) is 1.10. The SMILES string of the molecule is CCc1ccc(CSc2nnc(N)n2C(C)C)s1. The van der Waals surface area contributed by atoms with Gasteiger partial charge in [0.25, 0.3) is 0 Å². The van der Waals surface area contributed by atoms with Gasteiger partial charge in [-0.05, 0) is 32.4 Å². The van der Waals surface area contributed by atoms with Crippen LogP contribution in [0.2, 0.25) is 0 Å². The number of rotatable bonds is 5. The zero-order chi connectivity index (χ0) is 13.1. The van der Waals surface area contributed by atoms with Crippen molar-refractivity contribution >= 4 is 29.0 Å². The highest BCUT2D eigenvalue weighted by Crippen LogP contribution is 2.28. The molecule has 2 heterocycles. The number of hydrogen-bond donors (Lipinski definition) is 1. The van der Waals surface area contributed by atoms with Gasteiger partial charge in [0, 0.05) is 21.5 Å². The second kappa shape index (κ2) is 5.75. The number of nitrogens with two attached hydrogens (primary N) is 1. The van der Waals surface area contributed by atoms with Gasteiger partial charge in [0.05, 0.1) is 0 Å². The van der Waals surface area contributed by atoms with E-state index in [1.54, 1.807) is 11.8 Å². The van der Waals surface area contributed by atoms with Gasteiger partial charge in [0.2, 0.25) is 5.95 Å². The van der Waals surface area contributed by atoms with Crippen LogP contribution < -0.4 is 5.73 Å². The number of hydrogen-bond acceptors (Lipinski definition) is 5. The van der Waals surface area contributed by atoms with Crippen molar-refractivity contribution in [3.8, 4) is 0 Å². The minimum Gasteiger partial charge on any atom is -0.368 e. The van der Waals surface area contributed by atoms with E-state index in [1.807, 2.05) is 15.9 Å². The molecule has 2 N–H and O–H groups in total. The predicted octanol–water partition coefficient (Wildman–Crippen LogP) is 3.36. The Hall–Kier alpha value is -1.01. The summed E-state index contributed by atoms with van der Waals surface area (Å²) >= 11 is 3.56. The maximum Gasteiger partial charge on any atom is 0.222 e. The molecule has 0 aliphatic heterocycles. The minimum atomic E-state index is 0.289. The smallest absolute Gasteiger partial charge is 0.222 e. The summed E-state index contributed by atoms with van der Waals surface area (Å²) < 4.78 is 1.97. The Morgan fingerprint density at radius 2 is 2.06 bits per heavy atom. The van der Waals surface area contributed by atoms with E-state index < -0.39 is 0 Å². The maximum absolute atomic E-state index is 5.82. The monoisotopic (exact) mass is 282 g/mol. The molecule has 2 rings (SSSR count). The second-order valence-corrected chi connectivity index (χ2v) is 6.51. The molecule has 0 aliphatic rings. The van der Waals surface area contributed by atoms with Crippen molar-refractivity contribution in [2.75, 3.05) is 5.73 Å². The van der Waals surface area contributed by atoms with Crippen LogP contribution in [-0.4, -0.2) is 14.8 Å². The number of nitrogen functional groups attached to an aromatic ring is 1. The molecule has 0 unspecified atom stereocenters. The first-order valence-electron chi connectivity index (χ1n) is 6.02. The largest absolute Gasteiger partial charge is 0.368 e. The fraction of sp³-hybridized carbons (Fsp3) is 0.500. The van der Waals surface area contributed by atoms with E-state index >= 15 is 0 Å². The van der Waals surface area contributed by atoms with Crippen LogP contribution in [0.25, 0.3) is 0 Å². The van der Waals surface area contributed by atoms with E-state index in [4.69, 9.17) is 5.73 Å². The van der Waals surface area contributed by atoms with Crippen LogP contribution >= 0.6 is 23.1 Å². The Morgan fingerprint density at radius 1 is 1.33 bits per heavy atom. The van der Waals surface area contributed by atoms with Crippen LogP contribution in [0, 0.1) is 0 Å². The van der Waals surface area contributed by atoms with Crippen LogP contribution in [0.1, 0.15) is 36.6 Å². The van der Waals surface area contributed by atoms with Gasteiger partial charge in [-0.1, -0.05) is 18.7 Å². The van der Waals surface area contributed by atoms with Gasteiger partial charge in [0.15, 0.2) is 5.16 Å². The number of aryl methyl sites for hydroxylation is 1. The lowest BCUT2D eigenvalue weighted by Crippen LogP contribution is -2.06. The first kappa shape index (κ1) is 13.4. The summed E-state index contributed by atoms with van der Waals surface area (Å²) in [5.74, 6) is 1.42. The molecular weight excluding hydrogens is 264 g/mol. The van der Waals surface area contributed by atoms with E-state index in [0.29, 0.717) is 5.95 Å². The Morgan fingerprint density at radius 3 is 2.67 bits per heavy atom. The molecule has 0 radical (unpaired) electrons. The standard InChI is InChI=1S/C12H18N4S2/c1-4-9-5-6-10(18-9)7-17-12-15-14-11(13)16(12)8(2)3/h5-6,8H,4,7H2,1-3H3,(H2,13,14). The fourth-order valence-electron chi connectivity index (χ4n) is 1.70. The molecular formula is C12H18N4S2. The van der Waals surface area contributed by atoms with Gasteiger partial charge in [0.1, 0.15) is 0 Å². The van der Waals surface area contributed by atoms with Crippen LogP contribution in [0.4, 0.5) is 5.95 Å². The van der Waals surface area contributed by atoms with Gasteiger partial charge < -0.3 is 5.73 Å². The van der Waals surface area contributed by atoms with Crippen LogP contribution in [0.3, 0.4) is 0 Å². The van der Waals surface area contributed by atoms with Gasteiger partial charge in [-0.25, -0.2) is 0 Å². The summed E-state index contributed by atoms with van der Waals surface area (Å²) in [5, 5.41) is 8.98. The Balaban J connectivity index is 2.06. The summed E-state index contributed by atoms with van der Waals surface area (Å²) in [4.78, 5) is 2.80. The molecule has 0 amide bonds. The molecule has 6 heteroatoms. The van der Waals surface area contributed by atoms with Gasteiger partial charge in [-0.3, -0.25) is 4.57 Å². The average Bonchev–Trinajstić information content (AvgIpc) is 2.92. The molecule has 0 atom stereocenters. The number of thioether (sulfide) groups is 1. The van der Waals surface area contributed by atoms with Crippen LogP contribution in [-0.2, 0) is 12.2 Å². The molecule has 4 nitrogen and oxygen atoms in total. The number of aromatic nitrogens is 3. The molecule has 0 bridgehead atoms. The fourth-order valence-corrected chi connectivity index (χ4v) is 3.77. The molecule has 18 heavy (non-hydrogen) atoms. The second-order valence-electron chi connectivity index (χ2n) is 4.31. The van der Waals surface area contributed by atoms with E-state index in [1.165, 1.54) is 9.75 Å². The summed E-state index contributed by atoms with van der Waals surface area (Å²) in [7, 11) is 0. The molecule has 0 spiro atoms. The lowest BCUT2D eigenvalue weighted by atomic mass is 10.4. The molecule has 2 aromatic rings. The molecule has 0 aromatic carbocycles.